The monoisotopic (exact) mass is 418 g/mol. The summed E-state index contributed by atoms with van der Waals surface area (Å²) in [6.45, 7) is 4.72. The quantitative estimate of drug-likeness (QED) is 0.288. The van der Waals surface area contributed by atoms with Gasteiger partial charge in [0.25, 0.3) is 0 Å². The molecule has 0 N–H and O–H groups in total. The van der Waals surface area contributed by atoms with Gasteiger partial charge in [0.2, 0.25) is 5.82 Å². The minimum absolute atomic E-state index is 0.0688. The standard InChI is InChI=1S/C27H40F2O/c1-3-5-6-7-19-30-25-18-17-24(26(28)27(25)29)23-15-13-22(14-16-23)21-11-9-20(8-4-2)10-12-21/h4,8,17-18,20-23H,3,5-7,9-16,19H2,1-2H3/b8-4+. The van der Waals surface area contributed by atoms with Gasteiger partial charge in [-0.3, -0.25) is 0 Å². The molecule has 0 atom stereocenters. The van der Waals surface area contributed by atoms with E-state index in [-0.39, 0.29) is 11.7 Å². The topological polar surface area (TPSA) is 9.23 Å². The van der Waals surface area contributed by atoms with Gasteiger partial charge in [0, 0.05) is 0 Å². The van der Waals surface area contributed by atoms with Gasteiger partial charge in [0.05, 0.1) is 6.61 Å². The van der Waals surface area contributed by atoms with Gasteiger partial charge in [-0.05, 0) is 100 Å². The number of allylic oxidation sites excluding steroid dienone is 2. The number of hydrogen-bond acceptors (Lipinski definition) is 1. The van der Waals surface area contributed by atoms with Crippen molar-refractivity contribution in [2.45, 2.75) is 96.8 Å². The van der Waals surface area contributed by atoms with Gasteiger partial charge < -0.3 is 4.74 Å². The summed E-state index contributed by atoms with van der Waals surface area (Å²) >= 11 is 0. The summed E-state index contributed by atoms with van der Waals surface area (Å²) in [6.07, 6.45) is 18.4. The van der Waals surface area contributed by atoms with Crippen LogP contribution in [0, 0.1) is 29.4 Å². The number of benzene rings is 1. The zero-order valence-electron chi connectivity index (χ0n) is 19.0. The second kappa shape index (κ2) is 11.9. The Kier molecular flexibility index (Phi) is 9.21. The first-order chi connectivity index (χ1) is 14.6. The van der Waals surface area contributed by atoms with Gasteiger partial charge >= 0.3 is 0 Å². The highest BCUT2D eigenvalue weighted by Crippen LogP contribution is 2.45. The molecule has 1 aromatic rings. The van der Waals surface area contributed by atoms with Gasteiger partial charge in [-0.15, -0.1) is 0 Å². The van der Waals surface area contributed by atoms with Crippen molar-refractivity contribution in [3.8, 4) is 5.75 Å². The second-order valence-corrected chi connectivity index (χ2v) is 9.50. The summed E-state index contributed by atoms with van der Waals surface area (Å²) in [5.41, 5.74) is 0.557. The Labute approximate surface area is 182 Å². The minimum Gasteiger partial charge on any atom is -0.490 e. The van der Waals surface area contributed by atoms with Crippen LogP contribution in [0.3, 0.4) is 0 Å². The molecule has 1 aromatic carbocycles. The summed E-state index contributed by atoms with van der Waals surface area (Å²) in [7, 11) is 0. The van der Waals surface area contributed by atoms with Crippen LogP contribution in [0.2, 0.25) is 0 Å². The lowest BCUT2D eigenvalue weighted by atomic mass is 9.68. The van der Waals surface area contributed by atoms with Crippen molar-refractivity contribution in [1.82, 2.24) is 0 Å². The zero-order chi connectivity index (χ0) is 21.3. The van der Waals surface area contributed by atoms with Gasteiger partial charge in [0.15, 0.2) is 11.6 Å². The van der Waals surface area contributed by atoms with Crippen molar-refractivity contribution in [1.29, 1.82) is 0 Å². The molecule has 3 heteroatoms. The molecule has 0 aliphatic heterocycles. The second-order valence-electron chi connectivity index (χ2n) is 9.50. The zero-order valence-corrected chi connectivity index (χ0v) is 19.0. The van der Waals surface area contributed by atoms with Crippen molar-refractivity contribution >= 4 is 0 Å². The maximum atomic E-state index is 14.8. The third-order valence-corrected chi connectivity index (χ3v) is 7.49. The van der Waals surface area contributed by atoms with Crippen LogP contribution in [0.5, 0.6) is 5.75 Å². The smallest absolute Gasteiger partial charge is 0.200 e. The first-order valence-corrected chi connectivity index (χ1v) is 12.4. The molecule has 2 aliphatic carbocycles. The summed E-state index contributed by atoms with van der Waals surface area (Å²) in [5, 5.41) is 0. The van der Waals surface area contributed by atoms with Gasteiger partial charge in [0.1, 0.15) is 0 Å². The van der Waals surface area contributed by atoms with Crippen LogP contribution in [0.1, 0.15) is 102 Å². The van der Waals surface area contributed by atoms with Gasteiger partial charge in [-0.25, -0.2) is 4.39 Å². The molecule has 0 saturated heterocycles. The van der Waals surface area contributed by atoms with Crippen LogP contribution in [0.25, 0.3) is 0 Å². The van der Waals surface area contributed by atoms with E-state index in [2.05, 4.69) is 26.0 Å². The molecule has 0 heterocycles. The molecule has 0 radical (unpaired) electrons. The van der Waals surface area contributed by atoms with Gasteiger partial charge in [-0.2, -0.15) is 4.39 Å². The molecule has 0 spiro atoms. The lowest BCUT2D eigenvalue weighted by Gasteiger charge is -2.37. The SMILES string of the molecule is C/C=C/C1CCC(C2CCC(c3ccc(OCCCCCC)c(F)c3F)CC2)CC1. The van der Waals surface area contributed by atoms with Crippen LogP contribution in [0.4, 0.5) is 8.78 Å². The molecular formula is C27H40F2O. The highest BCUT2D eigenvalue weighted by molar-refractivity contribution is 5.33. The van der Waals surface area contributed by atoms with E-state index in [1.165, 1.54) is 25.7 Å². The molecular weight excluding hydrogens is 378 g/mol. The summed E-state index contributed by atoms with van der Waals surface area (Å²) < 4.78 is 34.8. The Balaban J connectivity index is 1.50. The number of halogens is 2. The van der Waals surface area contributed by atoms with E-state index in [1.54, 1.807) is 12.1 Å². The average molecular weight is 419 g/mol. The Morgan fingerprint density at radius 1 is 0.867 bits per heavy atom. The molecule has 0 amide bonds. The summed E-state index contributed by atoms with van der Waals surface area (Å²) in [5.74, 6) is 1.10. The van der Waals surface area contributed by atoms with Crippen LogP contribution >= 0.6 is 0 Å². The van der Waals surface area contributed by atoms with Crippen LogP contribution < -0.4 is 4.74 Å². The van der Waals surface area contributed by atoms with Crippen molar-refractivity contribution < 1.29 is 13.5 Å². The average Bonchev–Trinajstić information content (AvgIpc) is 2.77. The molecule has 2 fully saturated rings. The number of ether oxygens (including phenoxy) is 1. The molecule has 168 valence electrons. The van der Waals surface area contributed by atoms with Crippen molar-refractivity contribution in [3.05, 3.63) is 41.5 Å². The van der Waals surface area contributed by atoms with Crippen LogP contribution in [0.15, 0.2) is 24.3 Å². The largest absolute Gasteiger partial charge is 0.490 e. The highest BCUT2D eigenvalue weighted by atomic mass is 19.2. The number of hydrogen-bond donors (Lipinski definition) is 0. The Morgan fingerprint density at radius 3 is 2.17 bits per heavy atom. The van der Waals surface area contributed by atoms with E-state index in [4.69, 9.17) is 4.74 Å². The van der Waals surface area contributed by atoms with E-state index < -0.39 is 11.6 Å². The van der Waals surface area contributed by atoms with Gasteiger partial charge in [-0.1, -0.05) is 44.4 Å². The van der Waals surface area contributed by atoms with E-state index in [0.29, 0.717) is 12.2 Å². The summed E-state index contributed by atoms with van der Waals surface area (Å²) in [6, 6.07) is 3.41. The number of unbranched alkanes of at least 4 members (excludes halogenated alkanes) is 3. The molecule has 2 saturated carbocycles. The fraction of sp³-hybridized carbons (Fsp3) is 0.704. The van der Waals surface area contributed by atoms with E-state index in [0.717, 1.165) is 69.1 Å². The van der Waals surface area contributed by atoms with E-state index >= 15 is 0 Å². The van der Waals surface area contributed by atoms with E-state index in [9.17, 15) is 8.78 Å². The Morgan fingerprint density at radius 2 is 1.53 bits per heavy atom. The predicted octanol–water partition coefficient (Wildman–Crippen LogP) is 8.58. The number of rotatable bonds is 9. The lowest BCUT2D eigenvalue weighted by molar-refractivity contribution is 0.170. The first-order valence-electron chi connectivity index (χ1n) is 12.4. The maximum Gasteiger partial charge on any atom is 0.200 e. The molecule has 30 heavy (non-hydrogen) atoms. The third kappa shape index (κ3) is 6.08. The third-order valence-electron chi connectivity index (χ3n) is 7.49. The van der Waals surface area contributed by atoms with Crippen LogP contribution in [-0.2, 0) is 0 Å². The first kappa shape index (κ1) is 23.3. The molecule has 0 aromatic heterocycles. The summed E-state index contributed by atoms with van der Waals surface area (Å²) in [4.78, 5) is 0. The van der Waals surface area contributed by atoms with Crippen LogP contribution in [-0.4, -0.2) is 6.61 Å². The maximum absolute atomic E-state index is 14.8. The normalized spacial score (nSPS) is 27.5. The van der Waals surface area contributed by atoms with Crippen molar-refractivity contribution in [3.63, 3.8) is 0 Å². The fourth-order valence-electron chi connectivity index (χ4n) is 5.67. The Hall–Kier alpha value is -1.38. The fourth-order valence-corrected chi connectivity index (χ4v) is 5.67. The molecule has 3 rings (SSSR count). The molecule has 1 nitrogen and oxygen atoms in total. The Bertz CT molecular complexity index is 668. The molecule has 0 unspecified atom stereocenters. The van der Waals surface area contributed by atoms with Crippen molar-refractivity contribution in [2.75, 3.05) is 6.61 Å². The highest BCUT2D eigenvalue weighted by Gasteiger charge is 2.32. The lowest BCUT2D eigenvalue weighted by Crippen LogP contribution is -2.25. The molecule has 2 aliphatic rings. The molecule has 0 bridgehead atoms. The van der Waals surface area contributed by atoms with E-state index in [1.807, 2.05) is 0 Å². The van der Waals surface area contributed by atoms with Crippen molar-refractivity contribution in [2.24, 2.45) is 17.8 Å². The minimum atomic E-state index is -0.799. The predicted molar refractivity (Wildman–Crippen MR) is 121 cm³/mol.